The van der Waals surface area contributed by atoms with Gasteiger partial charge in [-0.05, 0) is 23.7 Å². The summed E-state index contributed by atoms with van der Waals surface area (Å²) in [5.74, 6) is 0. The van der Waals surface area contributed by atoms with E-state index < -0.39 is 0 Å². The van der Waals surface area contributed by atoms with Crippen LogP contribution in [0.15, 0.2) is 24.3 Å². The molecule has 0 radical (unpaired) electrons. The largest absolute Gasteiger partial charge is 0.114 e. The van der Waals surface area contributed by atoms with Crippen LogP contribution in [0.4, 0.5) is 0 Å². The van der Waals surface area contributed by atoms with E-state index in [1.165, 1.54) is 30.1 Å². The SMILES string of the molecule is Br.CCCCc1ccccc1P. The summed E-state index contributed by atoms with van der Waals surface area (Å²) >= 11 is 0. The molecule has 1 aromatic rings. The van der Waals surface area contributed by atoms with Crippen molar-refractivity contribution in [3.63, 3.8) is 0 Å². The van der Waals surface area contributed by atoms with E-state index in [0.29, 0.717) is 0 Å². The molecule has 1 rings (SSSR count). The van der Waals surface area contributed by atoms with Gasteiger partial charge in [-0.25, -0.2) is 0 Å². The van der Waals surface area contributed by atoms with E-state index >= 15 is 0 Å². The lowest BCUT2D eigenvalue weighted by Gasteiger charge is -2.02. The Bertz CT molecular complexity index is 223. The summed E-state index contributed by atoms with van der Waals surface area (Å²) in [7, 11) is 2.78. The highest BCUT2D eigenvalue weighted by molar-refractivity contribution is 8.93. The molecule has 0 aliphatic carbocycles. The molecule has 0 spiro atoms. The lowest BCUT2D eigenvalue weighted by atomic mass is 10.1. The summed E-state index contributed by atoms with van der Waals surface area (Å²) in [4.78, 5) is 0. The fourth-order valence-electron chi connectivity index (χ4n) is 1.13. The summed E-state index contributed by atoms with van der Waals surface area (Å²) in [6, 6.07) is 8.55. The van der Waals surface area contributed by atoms with Crippen LogP contribution < -0.4 is 5.30 Å². The van der Waals surface area contributed by atoms with E-state index in [0.717, 1.165) is 0 Å². The molecule has 12 heavy (non-hydrogen) atoms. The van der Waals surface area contributed by atoms with E-state index in [1.54, 1.807) is 0 Å². The standard InChI is InChI=1S/C10H15P.BrH/c1-2-3-6-9-7-4-5-8-10(9)11;/h4-5,7-8H,2-3,6,11H2,1H3;1H. The Kier molecular flexibility index (Phi) is 6.70. The van der Waals surface area contributed by atoms with Crippen LogP contribution in [-0.2, 0) is 6.42 Å². The predicted molar refractivity (Wildman–Crippen MR) is 64.7 cm³/mol. The first kappa shape index (κ1) is 12.1. The summed E-state index contributed by atoms with van der Waals surface area (Å²) in [5, 5.41) is 1.35. The molecule has 0 aromatic heterocycles. The fourth-order valence-corrected chi connectivity index (χ4v) is 1.48. The van der Waals surface area contributed by atoms with Crippen LogP contribution in [0.25, 0.3) is 0 Å². The minimum atomic E-state index is 0. The number of benzene rings is 1. The van der Waals surface area contributed by atoms with Gasteiger partial charge in [0.15, 0.2) is 0 Å². The molecule has 0 saturated carbocycles. The zero-order valence-corrected chi connectivity index (χ0v) is 10.3. The number of unbranched alkanes of at least 4 members (excludes halogenated alkanes) is 1. The van der Waals surface area contributed by atoms with Crippen molar-refractivity contribution >= 4 is 31.5 Å². The first-order valence-corrected chi connectivity index (χ1v) is 4.75. The zero-order chi connectivity index (χ0) is 8.10. The Morgan fingerprint density at radius 1 is 1.25 bits per heavy atom. The minimum Gasteiger partial charge on any atom is -0.114 e. The Labute approximate surface area is 87.7 Å². The topological polar surface area (TPSA) is 0 Å². The van der Waals surface area contributed by atoms with E-state index in [2.05, 4.69) is 40.4 Å². The quantitative estimate of drug-likeness (QED) is 0.720. The number of rotatable bonds is 3. The Hall–Kier alpha value is 0.130. The van der Waals surface area contributed by atoms with E-state index in [9.17, 15) is 0 Å². The van der Waals surface area contributed by atoms with Crippen molar-refractivity contribution in [3.8, 4) is 0 Å². The number of hydrogen-bond acceptors (Lipinski definition) is 0. The van der Waals surface area contributed by atoms with Gasteiger partial charge in [0.1, 0.15) is 0 Å². The molecule has 0 heterocycles. The van der Waals surface area contributed by atoms with Gasteiger partial charge in [-0.3, -0.25) is 0 Å². The second kappa shape index (κ2) is 6.62. The highest BCUT2D eigenvalue weighted by Gasteiger charge is 1.94. The van der Waals surface area contributed by atoms with Gasteiger partial charge in [0.25, 0.3) is 0 Å². The number of halogens is 1. The van der Waals surface area contributed by atoms with Gasteiger partial charge < -0.3 is 0 Å². The molecule has 0 aliphatic heterocycles. The second-order valence-corrected chi connectivity index (χ2v) is 3.42. The summed E-state index contributed by atoms with van der Waals surface area (Å²) in [6.45, 7) is 2.23. The lowest BCUT2D eigenvalue weighted by molar-refractivity contribution is 0.798. The maximum absolute atomic E-state index is 2.78. The third-order valence-corrected chi connectivity index (χ3v) is 2.42. The summed E-state index contributed by atoms with van der Waals surface area (Å²) in [6.07, 6.45) is 3.79. The van der Waals surface area contributed by atoms with E-state index in [-0.39, 0.29) is 17.0 Å². The van der Waals surface area contributed by atoms with Crippen LogP contribution in [0.3, 0.4) is 0 Å². The molecule has 0 N–H and O–H groups in total. The molecular weight excluding hydrogens is 231 g/mol. The van der Waals surface area contributed by atoms with Crippen molar-refractivity contribution in [1.29, 1.82) is 0 Å². The van der Waals surface area contributed by atoms with Crippen LogP contribution >= 0.6 is 26.2 Å². The highest BCUT2D eigenvalue weighted by atomic mass is 79.9. The van der Waals surface area contributed by atoms with Gasteiger partial charge in [-0.15, -0.1) is 26.2 Å². The summed E-state index contributed by atoms with van der Waals surface area (Å²) in [5.41, 5.74) is 1.47. The molecule has 0 bridgehead atoms. The third kappa shape index (κ3) is 3.69. The number of hydrogen-bond donors (Lipinski definition) is 0. The van der Waals surface area contributed by atoms with E-state index in [1.807, 2.05) is 0 Å². The normalized spacial score (nSPS) is 9.17. The van der Waals surface area contributed by atoms with Crippen LogP contribution in [-0.4, -0.2) is 0 Å². The van der Waals surface area contributed by atoms with Crippen molar-refractivity contribution in [3.05, 3.63) is 29.8 Å². The highest BCUT2D eigenvalue weighted by Crippen LogP contribution is 2.04. The molecule has 2 heteroatoms. The molecule has 0 amide bonds. The van der Waals surface area contributed by atoms with Crippen molar-refractivity contribution in [2.75, 3.05) is 0 Å². The second-order valence-electron chi connectivity index (χ2n) is 2.80. The van der Waals surface area contributed by atoms with Crippen molar-refractivity contribution in [1.82, 2.24) is 0 Å². The monoisotopic (exact) mass is 246 g/mol. The van der Waals surface area contributed by atoms with Crippen molar-refractivity contribution in [2.24, 2.45) is 0 Å². The average Bonchev–Trinajstić information content (AvgIpc) is 2.03. The van der Waals surface area contributed by atoms with Crippen molar-refractivity contribution < 1.29 is 0 Å². The average molecular weight is 247 g/mol. The molecule has 68 valence electrons. The Morgan fingerprint density at radius 3 is 2.50 bits per heavy atom. The predicted octanol–water partition coefficient (Wildman–Crippen LogP) is 3.11. The molecule has 0 fully saturated rings. The van der Waals surface area contributed by atoms with Gasteiger partial charge >= 0.3 is 0 Å². The van der Waals surface area contributed by atoms with Gasteiger partial charge in [0, 0.05) is 0 Å². The van der Waals surface area contributed by atoms with E-state index in [4.69, 9.17) is 0 Å². The first-order chi connectivity index (χ1) is 5.34. The summed E-state index contributed by atoms with van der Waals surface area (Å²) < 4.78 is 0. The van der Waals surface area contributed by atoms with Crippen molar-refractivity contribution in [2.45, 2.75) is 26.2 Å². The first-order valence-electron chi connectivity index (χ1n) is 4.18. The molecule has 1 aromatic carbocycles. The smallest absolute Gasteiger partial charge is 0.0271 e. The van der Waals surface area contributed by atoms with Gasteiger partial charge in [-0.2, -0.15) is 0 Å². The third-order valence-electron chi connectivity index (χ3n) is 1.85. The van der Waals surface area contributed by atoms with Gasteiger partial charge in [0.05, 0.1) is 0 Å². The fraction of sp³-hybridized carbons (Fsp3) is 0.400. The van der Waals surface area contributed by atoms with Crippen LogP contribution in [0.1, 0.15) is 25.3 Å². The molecular formula is C10H16BrP. The zero-order valence-electron chi connectivity index (χ0n) is 7.42. The van der Waals surface area contributed by atoms with Gasteiger partial charge in [0.2, 0.25) is 0 Å². The maximum atomic E-state index is 2.78. The Morgan fingerprint density at radius 2 is 1.92 bits per heavy atom. The molecule has 0 saturated heterocycles. The Balaban J connectivity index is 0.00000121. The maximum Gasteiger partial charge on any atom is -0.0271 e. The van der Waals surface area contributed by atoms with Gasteiger partial charge in [-0.1, -0.05) is 37.6 Å². The van der Waals surface area contributed by atoms with Crippen LogP contribution in [0.5, 0.6) is 0 Å². The molecule has 0 aliphatic rings. The van der Waals surface area contributed by atoms with Crippen LogP contribution in [0.2, 0.25) is 0 Å². The molecule has 1 unspecified atom stereocenters. The lowest BCUT2D eigenvalue weighted by Crippen LogP contribution is -1.99. The minimum absolute atomic E-state index is 0. The number of aryl methyl sites for hydroxylation is 1. The molecule has 0 nitrogen and oxygen atoms in total. The van der Waals surface area contributed by atoms with Crippen LogP contribution in [0, 0.1) is 0 Å². The molecule has 1 atom stereocenters.